The van der Waals surface area contributed by atoms with Gasteiger partial charge < -0.3 is 9.64 Å². The molecule has 1 aliphatic rings. The lowest BCUT2D eigenvalue weighted by Gasteiger charge is -2.39. The molecule has 0 aromatic heterocycles. The van der Waals surface area contributed by atoms with E-state index in [1.807, 2.05) is 42.2 Å². The molecule has 0 spiro atoms. The third-order valence-corrected chi connectivity index (χ3v) is 6.20. The molecule has 0 saturated carbocycles. The molecule has 0 unspecified atom stereocenters. The average molecular weight is 447 g/mol. The quantitative estimate of drug-likeness (QED) is 0.456. The summed E-state index contributed by atoms with van der Waals surface area (Å²) in [5.74, 6) is 0.0895. The van der Waals surface area contributed by atoms with Crippen LogP contribution in [0.5, 0.6) is 5.75 Å². The van der Waals surface area contributed by atoms with Crippen molar-refractivity contribution in [1.82, 2.24) is 9.80 Å². The van der Waals surface area contributed by atoms with Crippen LogP contribution in [0.3, 0.4) is 0 Å². The highest BCUT2D eigenvalue weighted by Crippen LogP contribution is 2.24. The first-order valence-electron chi connectivity index (χ1n) is 11.7. The second kappa shape index (κ2) is 11.1. The van der Waals surface area contributed by atoms with Crippen LogP contribution >= 0.6 is 0 Å². The summed E-state index contributed by atoms with van der Waals surface area (Å²) in [5, 5.41) is 0. The molecule has 1 saturated heterocycles. The lowest BCUT2D eigenvalue weighted by molar-refractivity contribution is 0.0538. The molecule has 5 heteroatoms. The van der Waals surface area contributed by atoms with Gasteiger partial charge in [0.05, 0.1) is 12.2 Å². The van der Waals surface area contributed by atoms with Gasteiger partial charge in [0.2, 0.25) is 0 Å². The Hall–Kier alpha value is -3.18. The van der Waals surface area contributed by atoms with Crippen LogP contribution in [0.15, 0.2) is 78.9 Å². The van der Waals surface area contributed by atoms with Crippen molar-refractivity contribution in [1.29, 1.82) is 0 Å². The smallest absolute Gasteiger partial charge is 0.257 e. The van der Waals surface area contributed by atoms with Gasteiger partial charge in [-0.25, -0.2) is 4.39 Å². The first kappa shape index (κ1) is 23.0. The van der Waals surface area contributed by atoms with Crippen LogP contribution in [0, 0.1) is 5.82 Å². The van der Waals surface area contributed by atoms with Gasteiger partial charge in [-0.2, -0.15) is 0 Å². The van der Waals surface area contributed by atoms with E-state index in [-0.39, 0.29) is 17.5 Å². The Morgan fingerprint density at radius 2 is 1.61 bits per heavy atom. The molecule has 1 amide bonds. The number of hydrogen-bond acceptors (Lipinski definition) is 3. The Morgan fingerprint density at radius 1 is 0.939 bits per heavy atom. The van der Waals surface area contributed by atoms with Gasteiger partial charge >= 0.3 is 0 Å². The zero-order chi connectivity index (χ0) is 23.0. The molecular weight excluding hydrogens is 415 g/mol. The van der Waals surface area contributed by atoms with Crippen LogP contribution < -0.4 is 4.74 Å². The number of carbonyl (C=O) groups is 1. The van der Waals surface area contributed by atoms with Crippen LogP contribution in [0.25, 0.3) is 0 Å². The van der Waals surface area contributed by atoms with Crippen LogP contribution in [0.1, 0.15) is 41.3 Å². The zero-order valence-electron chi connectivity index (χ0n) is 19.1. The minimum absolute atomic E-state index is 0.0655. The molecular formula is C28H31FN2O2. The number of halogens is 1. The molecule has 1 aliphatic heterocycles. The molecule has 3 aromatic carbocycles. The second-order valence-corrected chi connectivity index (χ2v) is 8.48. The fourth-order valence-electron chi connectivity index (χ4n) is 4.44. The monoisotopic (exact) mass is 446 g/mol. The molecule has 0 N–H and O–H groups in total. The molecule has 0 radical (unpaired) electrons. The minimum Gasteiger partial charge on any atom is -0.494 e. The van der Waals surface area contributed by atoms with Gasteiger partial charge in [0.25, 0.3) is 5.91 Å². The lowest BCUT2D eigenvalue weighted by Crippen LogP contribution is -2.47. The van der Waals surface area contributed by atoms with E-state index in [4.69, 9.17) is 4.74 Å². The molecule has 0 bridgehead atoms. The van der Waals surface area contributed by atoms with Gasteiger partial charge in [-0.05, 0) is 55.2 Å². The summed E-state index contributed by atoms with van der Waals surface area (Å²) in [6.45, 7) is 5.73. The van der Waals surface area contributed by atoms with Crippen molar-refractivity contribution in [3.63, 3.8) is 0 Å². The number of hydrogen-bond donors (Lipinski definition) is 0. The number of ether oxygens (including phenoxy) is 1. The predicted molar refractivity (Wildman–Crippen MR) is 129 cm³/mol. The summed E-state index contributed by atoms with van der Waals surface area (Å²) in [6, 6.07) is 24.6. The number of piperidine rings is 1. The third kappa shape index (κ3) is 5.99. The molecule has 1 fully saturated rings. The Labute approximate surface area is 195 Å². The number of nitrogens with zero attached hydrogens (tertiary/aromatic N) is 2. The summed E-state index contributed by atoms with van der Waals surface area (Å²) in [7, 11) is 0. The summed E-state index contributed by atoms with van der Waals surface area (Å²) >= 11 is 0. The Balaban J connectivity index is 1.49. The molecule has 33 heavy (non-hydrogen) atoms. The van der Waals surface area contributed by atoms with E-state index in [0.29, 0.717) is 13.2 Å². The standard InChI is InChI=1S/C28H31FN2O2/c1-2-33-25-14-12-23(13-15-25)21-31(28(32)26-10-6-7-11-27(26)29)24-16-18-30(19-17-24)20-22-8-4-3-5-9-22/h3-15,24H,2,16-21H2,1H3. The second-order valence-electron chi connectivity index (χ2n) is 8.48. The van der Waals surface area contributed by atoms with Crippen molar-refractivity contribution in [2.75, 3.05) is 19.7 Å². The SMILES string of the molecule is CCOc1ccc(CN(C(=O)c2ccccc2F)C2CCN(Cc3ccccc3)CC2)cc1. The van der Waals surface area contributed by atoms with Crippen LogP contribution in [0.4, 0.5) is 4.39 Å². The van der Waals surface area contributed by atoms with Crippen molar-refractivity contribution in [2.45, 2.75) is 38.9 Å². The van der Waals surface area contributed by atoms with E-state index < -0.39 is 5.82 Å². The number of likely N-dealkylation sites (tertiary alicyclic amines) is 1. The molecule has 4 rings (SSSR count). The maximum absolute atomic E-state index is 14.5. The van der Waals surface area contributed by atoms with Crippen molar-refractivity contribution in [2.24, 2.45) is 0 Å². The van der Waals surface area contributed by atoms with E-state index in [1.165, 1.54) is 11.6 Å². The van der Waals surface area contributed by atoms with Crippen LogP contribution in [-0.4, -0.2) is 41.4 Å². The third-order valence-electron chi connectivity index (χ3n) is 6.20. The van der Waals surface area contributed by atoms with Crippen molar-refractivity contribution in [3.05, 3.63) is 101 Å². The molecule has 4 nitrogen and oxygen atoms in total. The maximum Gasteiger partial charge on any atom is 0.257 e. The fourth-order valence-corrected chi connectivity index (χ4v) is 4.44. The van der Waals surface area contributed by atoms with E-state index >= 15 is 0 Å². The summed E-state index contributed by atoms with van der Waals surface area (Å²) in [5.41, 5.74) is 2.44. The largest absolute Gasteiger partial charge is 0.494 e. The van der Waals surface area contributed by atoms with Crippen molar-refractivity contribution in [3.8, 4) is 5.75 Å². The highest BCUT2D eigenvalue weighted by atomic mass is 19.1. The van der Waals surface area contributed by atoms with Gasteiger partial charge in [0.15, 0.2) is 0 Å². The molecule has 172 valence electrons. The lowest BCUT2D eigenvalue weighted by atomic mass is 10.00. The summed E-state index contributed by atoms with van der Waals surface area (Å²) in [4.78, 5) is 17.7. The van der Waals surface area contributed by atoms with Gasteiger partial charge in [-0.3, -0.25) is 9.69 Å². The summed E-state index contributed by atoms with van der Waals surface area (Å²) in [6.07, 6.45) is 1.73. The topological polar surface area (TPSA) is 32.8 Å². The van der Waals surface area contributed by atoms with Gasteiger partial charge in [0, 0.05) is 32.2 Å². The predicted octanol–water partition coefficient (Wildman–Crippen LogP) is 5.53. The van der Waals surface area contributed by atoms with E-state index in [1.54, 1.807) is 18.2 Å². The number of carbonyl (C=O) groups excluding carboxylic acids is 1. The first-order valence-corrected chi connectivity index (χ1v) is 11.7. The van der Waals surface area contributed by atoms with E-state index in [2.05, 4.69) is 29.2 Å². The van der Waals surface area contributed by atoms with Gasteiger partial charge in [0.1, 0.15) is 11.6 Å². The number of rotatable bonds is 8. The molecule has 3 aromatic rings. The highest BCUT2D eigenvalue weighted by Gasteiger charge is 2.30. The van der Waals surface area contributed by atoms with Crippen LogP contribution in [-0.2, 0) is 13.1 Å². The van der Waals surface area contributed by atoms with E-state index in [9.17, 15) is 9.18 Å². The average Bonchev–Trinajstić information content (AvgIpc) is 2.85. The van der Waals surface area contributed by atoms with E-state index in [0.717, 1.165) is 43.8 Å². The van der Waals surface area contributed by atoms with Gasteiger partial charge in [-0.15, -0.1) is 0 Å². The summed E-state index contributed by atoms with van der Waals surface area (Å²) < 4.78 is 20.0. The van der Waals surface area contributed by atoms with Crippen LogP contribution in [0.2, 0.25) is 0 Å². The number of benzene rings is 3. The normalized spacial score (nSPS) is 14.7. The molecule has 0 aliphatic carbocycles. The maximum atomic E-state index is 14.5. The Bertz CT molecular complexity index is 1030. The first-order chi connectivity index (χ1) is 16.1. The Morgan fingerprint density at radius 3 is 2.27 bits per heavy atom. The molecule has 1 heterocycles. The minimum atomic E-state index is -0.472. The van der Waals surface area contributed by atoms with Crippen molar-refractivity contribution >= 4 is 5.91 Å². The fraction of sp³-hybridized carbons (Fsp3) is 0.321. The zero-order valence-corrected chi connectivity index (χ0v) is 19.1. The molecule has 0 atom stereocenters. The van der Waals surface area contributed by atoms with Gasteiger partial charge in [-0.1, -0.05) is 54.6 Å². The Kier molecular flexibility index (Phi) is 7.74. The highest BCUT2D eigenvalue weighted by molar-refractivity contribution is 5.94. The number of amides is 1. The van der Waals surface area contributed by atoms with Crippen molar-refractivity contribution < 1.29 is 13.9 Å².